The lowest BCUT2D eigenvalue weighted by atomic mass is 10.1. The molecule has 0 saturated carbocycles. The zero-order valence-corrected chi connectivity index (χ0v) is 7.08. The van der Waals surface area contributed by atoms with Crippen LogP contribution in [0.25, 0.3) is 0 Å². The van der Waals surface area contributed by atoms with E-state index in [1.54, 1.807) is 7.11 Å². The maximum Gasteiger partial charge on any atom is 0.122 e. The molecule has 0 heterocycles. The van der Waals surface area contributed by atoms with E-state index in [0.29, 0.717) is 0 Å². The van der Waals surface area contributed by atoms with E-state index in [-0.39, 0.29) is 6.10 Å². The molecule has 2 heteroatoms. The fourth-order valence-corrected chi connectivity index (χ4v) is 1.79. The number of hydrogen-bond donors (Lipinski definition) is 1. The van der Waals surface area contributed by atoms with Gasteiger partial charge in [-0.15, -0.1) is 0 Å². The molecule has 1 aliphatic rings. The zero-order valence-electron chi connectivity index (χ0n) is 7.08. The van der Waals surface area contributed by atoms with Gasteiger partial charge >= 0.3 is 0 Å². The minimum absolute atomic E-state index is 0.282. The first-order chi connectivity index (χ1) is 5.83. The molecule has 1 aromatic rings. The highest BCUT2D eigenvalue weighted by Crippen LogP contribution is 2.36. The number of rotatable bonds is 1. The van der Waals surface area contributed by atoms with Gasteiger partial charge in [-0.05, 0) is 30.0 Å². The zero-order chi connectivity index (χ0) is 8.55. The summed E-state index contributed by atoms with van der Waals surface area (Å²) in [6, 6.07) is 5.83. The average Bonchev–Trinajstić information content (AvgIpc) is 2.48. The minimum Gasteiger partial charge on any atom is -0.496 e. The predicted molar refractivity (Wildman–Crippen MR) is 46.3 cm³/mol. The van der Waals surface area contributed by atoms with Crippen molar-refractivity contribution in [1.82, 2.24) is 0 Å². The summed E-state index contributed by atoms with van der Waals surface area (Å²) in [6.45, 7) is 0. The van der Waals surface area contributed by atoms with Gasteiger partial charge in [-0.1, -0.05) is 12.1 Å². The molecule has 0 amide bonds. The molecule has 64 valence electrons. The Morgan fingerprint density at radius 1 is 1.50 bits per heavy atom. The SMILES string of the molecule is COc1cccc2c1CC[C@@H]2O. The number of ether oxygens (including phenoxy) is 1. The molecule has 0 bridgehead atoms. The Morgan fingerprint density at radius 3 is 3.08 bits per heavy atom. The second kappa shape index (κ2) is 2.79. The average molecular weight is 164 g/mol. The maximum absolute atomic E-state index is 9.55. The van der Waals surface area contributed by atoms with Crippen LogP contribution in [-0.4, -0.2) is 12.2 Å². The van der Waals surface area contributed by atoms with Gasteiger partial charge in [0.05, 0.1) is 13.2 Å². The first kappa shape index (κ1) is 7.62. The molecule has 0 aliphatic heterocycles. The van der Waals surface area contributed by atoms with E-state index in [1.807, 2.05) is 18.2 Å². The number of fused-ring (bicyclic) bond motifs is 1. The molecule has 2 nitrogen and oxygen atoms in total. The van der Waals surface area contributed by atoms with E-state index < -0.39 is 0 Å². The van der Waals surface area contributed by atoms with Crippen molar-refractivity contribution in [2.45, 2.75) is 18.9 Å². The Kier molecular flexibility index (Phi) is 1.77. The summed E-state index contributed by atoms with van der Waals surface area (Å²) in [7, 11) is 1.67. The van der Waals surface area contributed by atoms with Crippen LogP contribution in [-0.2, 0) is 6.42 Å². The third-order valence-corrected chi connectivity index (χ3v) is 2.42. The summed E-state index contributed by atoms with van der Waals surface area (Å²) in [5.74, 6) is 0.907. The largest absolute Gasteiger partial charge is 0.496 e. The Hall–Kier alpha value is -1.02. The third kappa shape index (κ3) is 0.994. The van der Waals surface area contributed by atoms with Crippen molar-refractivity contribution in [3.63, 3.8) is 0 Å². The van der Waals surface area contributed by atoms with E-state index in [2.05, 4.69) is 0 Å². The molecule has 0 saturated heterocycles. The molecule has 1 atom stereocenters. The molecular weight excluding hydrogens is 152 g/mol. The highest BCUT2D eigenvalue weighted by Gasteiger charge is 2.22. The van der Waals surface area contributed by atoms with Crippen LogP contribution in [0.3, 0.4) is 0 Å². The van der Waals surface area contributed by atoms with E-state index in [1.165, 1.54) is 5.56 Å². The van der Waals surface area contributed by atoms with Crippen molar-refractivity contribution in [3.8, 4) is 5.75 Å². The van der Waals surface area contributed by atoms with E-state index in [0.717, 1.165) is 24.2 Å². The number of aliphatic hydroxyl groups excluding tert-OH is 1. The molecule has 1 N–H and O–H groups in total. The summed E-state index contributed by atoms with van der Waals surface area (Å²) < 4.78 is 5.19. The van der Waals surface area contributed by atoms with Gasteiger partial charge < -0.3 is 9.84 Å². The van der Waals surface area contributed by atoms with Crippen molar-refractivity contribution < 1.29 is 9.84 Å². The van der Waals surface area contributed by atoms with E-state index in [4.69, 9.17) is 4.74 Å². The van der Waals surface area contributed by atoms with Crippen LogP contribution in [0.5, 0.6) is 5.75 Å². The Bertz CT molecular complexity index is 294. The van der Waals surface area contributed by atoms with Gasteiger partial charge in [0.15, 0.2) is 0 Å². The summed E-state index contributed by atoms with van der Waals surface area (Å²) in [5, 5.41) is 9.55. The molecule has 1 aliphatic carbocycles. The lowest BCUT2D eigenvalue weighted by molar-refractivity contribution is 0.180. The highest BCUT2D eigenvalue weighted by atomic mass is 16.5. The second-order valence-electron chi connectivity index (χ2n) is 3.08. The molecule has 12 heavy (non-hydrogen) atoms. The van der Waals surface area contributed by atoms with Gasteiger partial charge in [-0.2, -0.15) is 0 Å². The van der Waals surface area contributed by atoms with E-state index >= 15 is 0 Å². The van der Waals surface area contributed by atoms with Gasteiger partial charge in [0.25, 0.3) is 0 Å². The van der Waals surface area contributed by atoms with Crippen LogP contribution < -0.4 is 4.74 Å². The van der Waals surface area contributed by atoms with Gasteiger partial charge in [0.2, 0.25) is 0 Å². The standard InChI is InChI=1S/C10H12O2/c1-12-10-4-2-3-7-8(10)5-6-9(7)11/h2-4,9,11H,5-6H2,1H3/t9-/m0/s1. The maximum atomic E-state index is 9.55. The van der Waals surface area contributed by atoms with Crippen molar-refractivity contribution in [1.29, 1.82) is 0 Å². The lowest BCUT2D eigenvalue weighted by Crippen LogP contribution is -1.92. The summed E-state index contributed by atoms with van der Waals surface area (Å²) >= 11 is 0. The fraction of sp³-hybridized carbons (Fsp3) is 0.400. The quantitative estimate of drug-likeness (QED) is 0.684. The van der Waals surface area contributed by atoms with Crippen molar-refractivity contribution >= 4 is 0 Å². The highest BCUT2D eigenvalue weighted by molar-refractivity contribution is 5.44. The summed E-state index contributed by atoms with van der Waals surface area (Å²) in [5.41, 5.74) is 2.21. The van der Waals surface area contributed by atoms with Crippen LogP contribution in [0.15, 0.2) is 18.2 Å². The number of hydrogen-bond acceptors (Lipinski definition) is 2. The number of aliphatic hydroxyl groups is 1. The van der Waals surface area contributed by atoms with Crippen molar-refractivity contribution in [3.05, 3.63) is 29.3 Å². The minimum atomic E-state index is -0.282. The molecule has 1 aromatic carbocycles. The molecular formula is C10H12O2. The topological polar surface area (TPSA) is 29.5 Å². The first-order valence-corrected chi connectivity index (χ1v) is 4.17. The monoisotopic (exact) mass is 164 g/mol. The molecule has 0 spiro atoms. The predicted octanol–water partition coefficient (Wildman–Crippen LogP) is 1.67. The van der Waals surface area contributed by atoms with E-state index in [9.17, 15) is 5.11 Å². The Labute approximate surface area is 71.8 Å². The third-order valence-electron chi connectivity index (χ3n) is 2.42. The van der Waals surface area contributed by atoms with Crippen molar-refractivity contribution in [2.24, 2.45) is 0 Å². The Balaban J connectivity index is 2.50. The van der Waals surface area contributed by atoms with Crippen LogP contribution in [0.4, 0.5) is 0 Å². The van der Waals surface area contributed by atoms with Crippen LogP contribution in [0, 0.1) is 0 Å². The number of benzene rings is 1. The molecule has 0 fully saturated rings. The van der Waals surface area contributed by atoms with Gasteiger partial charge in [-0.25, -0.2) is 0 Å². The molecule has 2 rings (SSSR count). The van der Waals surface area contributed by atoms with Gasteiger partial charge in [0.1, 0.15) is 5.75 Å². The first-order valence-electron chi connectivity index (χ1n) is 4.17. The molecule has 0 unspecified atom stereocenters. The number of methoxy groups -OCH3 is 1. The second-order valence-corrected chi connectivity index (χ2v) is 3.08. The summed E-state index contributed by atoms with van der Waals surface area (Å²) in [4.78, 5) is 0. The van der Waals surface area contributed by atoms with Crippen LogP contribution >= 0.6 is 0 Å². The van der Waals surface area contributed by atoms with Gasteiger partial charge in [-0.3, -0.25) is 0 Å². The lowest BCUT2D eigenvalue weighted by Gasteiger charge is -2.07. The Morgan fingerprint density at radius 2 is 2.33 bits per heavy atom. The molecule has 0 radical (unpaired) electrons. The van der Waals surface area contributed by atoms with Gasteiger partial charge in [0, 0.05) is 0 Å². The van der Waals surface area contributed by atoms with Crippen LogP contribution in [0.2, 0.25) is 0 Å². The van der Waals surface area contributed by atoms with Crippen LogP contribution in [0.1, 0.15) is 23.7 Å². The normalized spacial score (nSPS) is 20.7. The summed E-state index contributed by atoms with van der Waals surface area (Å²) in [6.07, 6.45) is 1.48. The smallest absolute Gasteiger partial charge is 0.122 e. The fourth-order valence-electron chi connectivity index (χ4n) is 1.79. The molecule has 0 aromatic heterocycles. The van der Waals surface area contributed by atoms with Crippen molar-refractivity contribution in [2.75, 3.05) is 7.11 Å².